The fourth-order valence-corrected chi connectivity index (χ4v) is 3.37. The highest BCUT2D eigenvalue weighted by Gasteiger charge is 2.30. The largest absolute Gasteiger partial charge is 0.481 e. The minimum atomic E-state index is -0.644. The van der Waals surface area contributed by atoms with E-state index in [0.717, 1.165) is 24.9 Å². The van der Waals surface area contributed by atoms with Gasteiger partial charge in [0.25, 0.3) is 0 Å². The fraction of sp³-hybridized carbons (Fsp3) is 0.929. The van der Waals surface area contributed by atoms with Crippen LogP contribution in [0.25, 0.3) is 0 Å². The third kappa shape index (κ3) is 3.70. The Kier molecular flexibility index (Phi) is 4.43. The summed E-state index contributed by atoms with van der Waals surface area (Å²) in [5.74, 6) is 0.900. The van der Waals surface area contributed by atoms with Crippen LogP contribution in [-0.2, 0) is 4.79 Å². The van der Waals surface area contributed by atoms with Gasteiger partial charge in [0.2, 0.25) is 0 Å². The highest BCUT2D eigenvalue weighted by Crippen LogP contribution is 2.31. The number of hydrogen-bond acceptors (Lipinski definition) is 2. The third-order valence-corrected chi connectivity index (χ3v) is 4.59. The molecule has 1 unspecified atom stereocenters. The van der Waals surface area contributed by atoms with Crippen LogP contribution in [0.2, 0.25) is 0 Å². The molecule has 1 saturated carbocycles. The molecule has 3 nitrogen and oxygen atoms in total. The molecule has 3 heteroatoms. The van der Waals surface area contributed by atoms with E-state index < -0.39 is 5.97 Å². The second-order valence-electron chi connectivity index (χ2n) is 6.00. The Morgan fingerprint density at radius 2 is 1.94 bits per heavy atom. The molecule has 0 radical (unpaired) electrons. The van der Waals surface area contributed by atoms with Gasteiger partial charge in [0.1, 0.15) is 0 Å². The molecular formula is C14H25NO2. The number of likely N-dealkylation sites (tertiary alicyclic amines) is 1. The summed E-state index contributed by atoms with van der Waals surface area (Å²) in [6, 6.07) is 0.793. The van der Waals surface area contributed by atoms with Gasteiger partial charge in [0.15, 0.2) is 0 Å². The summed E-state index contributed by atoms with van der Waals surface area (Å²) >= 11 is 0. The topological polar surface area (TPSA) is 40.5 Å². The molecule has 98 valence electrons. The summed E-state index contributed by atoms with van der Waals surface area (Å²) in [6.07, 6.45) is 7.88. The molecule has 2 aliphatic rings. The van der Waals surface area contributed by atoms with Crippen LogP contribution < -0.4 is 0 Å². The second-order valence-corrected chi connectivity index (χ2v) is 6.00. The number of nitrogens with zero attached hydrogens (tertiary/aromatic N) is 1. The van der Waals surface area contributed by atoms with Gasteiger partial charge in [-0.15, -0.1) is 0 Å². The first-order valence-corrected chi connectivity index (χ1v) is 7.11. The first kappa shape index (κ1) is 12.9. The van der Waals surface area contributed by atoms with Gasteiger partial charge >= 0.3 is 5.97 Å². The average Bonchev–Trinajstić information content (AvgIpc) is 2.76. The van der Waals surface area contributed by atoms with E-state index in [1.807, 2.05) is 0 Å². The Labute approximate surface area is 104 Å². The monoisotopic (exact) mass is 239 g/mol. The minimum Gasteiger partial charge on any atom is -0.481 e. The van der Waals surface area contributed by atoms with Gasteiger partial charge < -0.3 is 10.0 Å². The molecule has 1 saturated heterocycles. The van der Waals surface area contributed by atoms with E-state index in [-0.39, 0.29) is 0 Å². The Bertz CT molecular complexity index is 259. The van der Waals surface area contributed by atoms with Crippen molar-refractivity contribution in [3.05, 3.63) is 0 Å². The molecule has 1 atom stereocenters. The predicted octanol–water partition coefficient (Wildman–Crippen LogP) is 2.75. The highest BCUT2D eigenvalue weighted by molar-refractivity contribution is 5.66. The maximum Gasteiger partial charge on any atom is 0.303 e. The summed E-state index contributed by atoms with van der Waals surface area (Å²) in [5.41, 5.74) is 0. The van der Waals surface area contributed by atoms with E-state index in [1.165, 1.54) is 38.6 Å². The predicted molar refractivity (Wildman–Crippen MR) is 68.0 cm³/mol. The number of carboxylic acids is 1. The van der Waals surface area contributed by atoms with E-state index in [9.17, 15) is 4.79 Å². The van der Waals surface area contributed by atoms with E-state index in [1.54, 1.807) is 0 Å². The number of hydrogen-bond donors (Lipinski definition) is 1. The molecule has 1 aliphatic carbocycles. The molecule has 1 heterocycles. The number of carboxylic acid groups (broad SMARTS) is 1. The van der Waals surface area contributed by atoms with Gasteiger partial charge in [-0.25, -0.2) is 0 Å². The Morgan fingerprint density at radius 1 is 1.24 bits per heavy atom. The first-order valence-electron chi connectivity index (χ1n) is 7.11. The lowest BCUT2D eigenvalue weighted by Crippen LogP contribution is -2.36. The van der Waals surface area contributed by atoms with Crippen LogP contribution >= 0.6 is 0 Å². The molecule has 0 spiro atoms. The maximum absolute atomic E-state index is 10.6. The van der Waals surface area contributed by atoms with Crippen molar-refractivity contribution in [3.8, 4) is 0 Å². The number of aliphatic carboxylic acids is 1. The average molecular weight is 239 g/mol. The molecule has 0 amide bonds. The van der Waals surface area contributed by atoms with E-state index >= 15 is 0 Å². The molecule has 1 N–H and O–H groups in total. The van der Waals surface area contributed by atoms with Crippen LogP contribution in [0.15, 0.2) is 0 Å². The SMILES string of the molecule is CC1CCC(N2CCC(CCC(=O)O)C2)CC1. The summed E-state index contributed by atoms with van der Waals surface area (Å²) in [4.78, 5) is 13.2. The van der Waals surface area contributed by atoms with Crippen LogP contribution in [0.3, 0.4) is 0 Å². The number of carbonyl (C=O) groups is 1. The Morgan fingerprint density at radius 3 is 2.59 bits per heavy atom. The molecule has 2 rings (SSSR count). The highest BCUT2D eigenvalue weighted by atomic mass is 16.4. The molecule has 17 heavy (non-hydrogen) atoms. The van der Waals surface area contributed by atoms with Gasteiger partial charge in [-0.3, -0.25) is 4.79 Å². The van der Waals surface area contributed by atoms with Crippen molar-refractivity contribution >= 4 is 5.97 Å². The van der Waals surface area contributed by atoms with Gasteiger partial charge in [0.05, 0.1) is 0 Å². The second kappa shape index (κ2) is 5.85. The lowest BCUT2D eigenvalue weighted by molar-refractivity contribution is -0.137. The number of rotatable bonds is 4. The molecule has 2 fully saturated rings. The normalized spacial score (nSPS) is 35.0. The van der Waals surface area contributed by atoms with Crippen molar-refractivity contribution < 1.29 is 9.90 Å². The smallest absolute Gasteiger partial charge is 0.303 e. The van der Waals surface area contributed by atoms with Crippen LogP contribution in [-0.4, -0.2) is 35.1 Å². The Hall–Kier alpha value is -0.570. The van der Waals surface area contributed by atoms with Gasteiger partial charge in [-0.2, -0.15) is 0 Å². The lowest BCUT2D eigenvalue weighted by Gasteiger charge is -2.33. The molecular weight excluding hydrogens is 214 g/mol. The van der Waals surface area contributed by atoms with Crippen molar-refractivity contribution in [3.63, 3.8) is 0 Å². The zero-order chi connectivity index (χ0) is 12.3. The quantitative estimate of drug-likeness (QED) is 0.820. The first-order chi connectivity index (χ1) is 8.15. The Balaban J connectivity index is 1.72. The molecule has 1 aliphatic heterocycles. The van der Waals surface area contributed by atoms with Crippen LogP contribution in [0.1, 0.15) is 51.9 Å². The molecule has 0 aromatic carbocycles. The van der Waals surface area contributed by atoms with Crippen molar-refractivity contribution in [1.29, 1.82) is 0 Å². The summed E-state index contributed by atoms with van der Waals surface area (Å²) < 4.78 is 0. The lowest BCUT2D eigenvalue weighted by atomic mass is 9.87. The standard InChI is InChI=1S/C14H25NO2/c1-11-2-5-13(6-3-11)15-9-8-12(10-15)4-7-14(16)17/h11-13H,2-10H2,1H3,(H,16,17). The zero-order valence-electron chi connectivity index (χ0n) is 10.9. The summed E-state index contributed by atoms with van der Waals surface area (Å²) in [6.45, 7) is 4.70. The van der Waals surface area contributed by atoms with Gasteiger partial charge in [-0.1, -0.05) is 6.92 Å². The van der Waals surface area contributed by atoms with Crippen molar-refractivity contribution in [1.82, 2.24) is 4.90 Å². The van der Waals surface area contributed by atoms with E-state index in [4.69, 9.17) is 5.11 Å². The van der Waals surface area contributed by atoms with E-state index in [2.05, 4.69) is 11.8 Å². The molecule has 0 aromatic rings. The summed E-state index contributed by atoms with van der Waals surface area (Å²) in [5, 5.41) is 8.70. The van der Waals surface area contributed by atoms with Crippen molar-refractivity contribution in [2.75, 3.05) is 13.1 Å². The third-order valence-electron chi connectivity index (χ3n) is 4.59. The van der Waals surface area contributed by atoms with Crippen LogP contribution in [0.4, 0.5) is 0 Å². The van der Waals surface area contributed by atoms with Crippen LogP contribution in [0, 0.1) is 11.8 Å². The molecule has 0 bridgehead atoms. The summed E-state index contributed by atoms with van der Waals surface area (Å²) in [7, 11) is 0. The van der Waals surface area contributed by atoms with Crippen molar-refractivity contribution in [2.24, 2.45) is 11.8 Å². The molecule has 0 aromatic heterocycles. The fourth-order valence-electron chi connectivity index (χ4n) is 3.37. The van der Waals surface area contributed by atoms with Gasteiger partial charge in [0, 0.05) is 19.0 Å². The maximum atomic E-state index is 10.6. The van der Waals surface area contributed by atoms with Gasteiger partial charge in [-0.05, 0) is 56.9 Å². The minimum absolute atomic E-state index is 0.347. The van der Waals surface area contributed by atoms with Crippen molar-refractivity contribution in [2.45, 2.75) is 57.9 Å². The van der Waals surface area contributed by atoms with Crippen LogP contribution in [0.5, 0.6) is 0 Å². The zero-order valence-corrected chi connectivity index (χ0v) is 10.9. The van der Waals surface area contributed by atoms with E-state index in [0.29, 0.717) is 12.3 Å².